The Bertz CT molecular complexity index is 601. The van der Waals surface area contributed by atoms with E-state index in [9.17, 15) is 4.79 Å². The van der Waals surface area contributed by atoms with E-state index < -0.39 is 5.97 Å². The SMILES string of the molecule is O=C(O)c1cnc(N2CCC(CC3CCN(C4CCC4)CC3)CC2)cn1. The molecular weight excluding hydrogens is 328 g/mol. The maximum Gasteiger partial charge on any atom is 0.356 e. The van der Waals surface area contributed by atoms with E-state index in [0.29, 0.717) is 0 Å². The standard InChI is InChI=1S/C20H30N4O2/c25-20(26)18-13-22-19(14-21-18)24-10-6-16(7-11-24)12-15-4-8-23(9-5-15)17-2-1-3-17/h13-17H,1-12H2,(H,25,26). The van der Waals surface area contributed by atoms with E-state index in [-0.39, 0.29) is 5.69 Å². The number of carboxylic acid groups (broad SMARTS) is 1. The van der Waals surface area contributed by atoms with Gasteiger partial charge >= 0.3 is 5.97 Å². The number of carbonyl (C=O) groups is 1. The first-order valence-corrected chi connectivity index (χ1v) is 10.2. The fourth-order valence-corrected chi connectivity index (χ4v) is 4.77. The van der Waals surface area contributed by atoms with E-state index >= 15 is 0 Å². The molecule has 0 spiro atoms. The summed E-state index contributed by atoms with van der Waals surface area (Å²) in [6, 6.07) is 0.910. The molecule has 0 aromatic carbocycles. The molecule has 1 aliphatic carbocycles. The molecular formula is C20H30N4O2. The van der Waals surface area contributed by atoms with Crippen LogP contribution in [0, 0.1) is 11.8 Å². The van der Waals surface area contributed by atoms with E-state index in [2.05, 4.69) is 19.8 Å². The van der Waals surface area contributed by atoms with Crippen molar-refractivity contribution in [3.05, 3.63) is 18.1 Å². The Kier molecular flexibility index (Phi) is 5.38. The monoisotopic (exact) mass is 358 g/mol. The molecule has 2 aliphatic heterocycles. The molecule has 2 saturated heterocycles. The molecule has 6 heteroatoms. The van der Waals surface area contributed by atoms with Gasteiger partial charge in [0.25, 0.3) is 0 Å². The molecule has 0 bridgehead atoms. The molecule has 4 rings (SSSR count). The van der Waals surface area contributed by atoms with E-state index in [1.54, 1.807) is 6.20 Å². The van der Waals surface area contributed by atoms with Crippen LogP contribution in [0.2, 0.25) is 0 Å². The maximum absolute atomic E-state index is 10.9. The van der Waals surface area contributed by atoms with Gasteiger partial charge in [-0.2, -0.15) is 0 Å². The minimum absolute atomic E-state index is 0.0110. The van der Waals surface area contributed by atoms with Crippen molar-refractivity contribution >= 4 is 11.8 Å². The molecule has 1 N–H and O–H groups in total. The fraction of sp³-hybridized carbons (Fsp3) is 0.750. The van der Waals surface area contributed by atoms with Crippen molar-refractivity contribution in [1.82, 2.24) is 14.9 Å². The van der Waals surface area contributed by atoms with Crippen molar-refractivity contribution < 1.29 is 9.90 Å². The second-order valence-electron chi connectivity index (χ2n) is 8.30. The van der Waals surface area contributed by atoms with Crippen LogP contribution in [-0.4, -0.2) is 58.2 Å². The second-order valence-corrected chi connectivity index (χ2v) is 8.30. The third kappa shape index (κ3) is 4.00. The van der Waals surface area contributed by atoms with Crippen molar-refractivity contribution in [2.24, 2.45) is 11.8 Å². The van der Waals surface area contributed by atoms with Gasteiger partial charge in [-0.3, -0.25) is 0 Å². The number of likely N-dealkylation sites (tertiary alicyclic amines) is 1. The largest absolute Gasteiger partial charge is 0.476 e. The molecule has 1 aromatic rings. The predicted octanol–water partition coefficient (Wildman–Crippen LogP) is 3.05. The first-order valence-electron chi connectivity index (χ1n) is 10.2. The van der Waals surface area contributed by atoms with E-state index in [1.807, 2.05) is 0 Å². The van der Waals surface area contributed by atoms with E-state index in [4.69, 9.17) is 5.11 Å². The fourth-order valence-electron chi connectivity index (χ4n) is 4.77. The van der Waals surface area contributed by atoms with Crippen LogP contribution in [0.1, 0.15) is 61.9 Å². The molecule has 0 atom stereocenters. The van der Waals surface area contributed by atoms with Crippen molar-refractivity contribution in [3.8, 4) is 0 Å². The van der Waals surface area contributed by atoms with Crippen LogP contribution in [-0.2, 0) is 0 Å². The molecule has 3 fully saturated rings. The highest BCUT2D eigenvalue weighted by atomic mass is 16.4. The van der Waals surface area contributed by atoms with Gasteiger partial charge in [0.15, 0.2) is 5.69 Å². The number of anilines is 1. The summed E-state index contributed by atoms with van der Waals surface area (Å²) in [5, 5.41) is 8.92. The zero-order chi connectivity index (χ0) is 17.9. The Hall–Kier alpha value is -1.69. The second kappa shape index (κ2) is 7.91. The lowest BCUT2D eigenvalue weighted by Gasteiger charge is -2.42. The average molecular weight is 358 g/mol. The lowest BCUT2D eigenvalue weighted by atomic mass is 9.81. The summed E-state index contributed by atoms with van der Waals surface area (Å²) in [5.41, 5.74) is 0.0110. The number of hydrogen-bond donors (Lipinski definition) is 1. The zero-order valence-electron chi connectivity index (χ0n) is 15.5. The number of aromatic carboxylic acids is 1. The van der Waals surface area contributed by atoms with Crippen LogP contribution in [0.25, 0.3) is 0 Å². The molecule has 3 heterocycles. The van der Waals surface area contributed by atoms with Crippen LogP contribution in [0.3, 0.4) is 0 Å². The Balaban J connectivity index is 1.21. The molecule has 0 amide bonds. The van der Waals surface area contributed by atoms with Crippen LogP contribution in [0.15, 0.2) is 12.4 Å². The number of nitrogens with zero attached hydrogens (tertiary/aromatic N) is 4. The Morgan fingerprint density at radius 1 is 0.962 bits per heavy atom. The number of hydrogen-bond acceptors (Lipinski definition) is 5. The third-order valence-corrected chi connectivity index (χ3v) is 6.70. The minimum atomic E-state index is -1.02. The smallest absolute Gasteiger partial charge is 0.356 e. The minimum Gasteiger partial charge on any atom is -0.476 e. The number of carboxylic acids is 1. The summed E-state index contributed by atoms with van der Waals surface area (Å²) in [6.45, 7) is 4.65. The van der Waals surface area contributed by atoms with Crippen molar-refractivity contribution in [2.75, 3.05) is 31.1 Å². The van der Waals surface area contributed by atoms with Crippen LogP contribution < -0.4 is 4.90 Å². The molecule has 0 unspecified atom stereocenters. The molecule has 3 aliphatic rings. The Morgan fingerprint density at radius 2 is 1.62 bits per heavy atom. The molecule has 1 saturated carbocycles. The zero-order valence-corrected chi connectivity index (χ0v) is 15.5. The number of aromatic nitrogens is 2. The van der Waals surface area contributed by atoms with E-state index in [0.717, 1.165) is 36.8 Å². The van der Waals surface area contributed by atoms with Gasteiger partial charge in [-0.1, -0.05) is 6.42 Å². The molecule has 142 valence electrons. The van der Waals surface area contributed by atoms with Gasteiger partial charge in [-0.15, -0.1) is 0 Å². The third-order valence-electron chi connectivity index (χ3n) is 6.70. The maximum atomic E-state index is 10.9. The van der Waals surface area contributed by atoms with Gasteiger partial charge < -0.3 is 14.9 Å². The lowest BCUT2D eigenvalue weighted by molar-refractivity contribution is 0.0690. The van der Waals surface area contributed by atoms with Gasteiger partial charge in [0.1, 0.15) is 5.82 Å². The van der Waals surface area contributed by atoms with Crippen LogP contribution >= 0.6 is 0 Å². The summed E-state index contributed by atoms with van der Waals surface area (Å²) in [5.74, 6) is 1.53. The molecule has 26 heavy (non-hydrogen) atoms. The van der Waals surface area contributed by atoms with Crippen molar-refractivity contribution in [1.29, 1.82) is 0 Å². The van der Waals surface area contributed by atoms with Gasteiger partial charge in [0.2, 0.25) is 0 Å². The van der Waals surface area contributed by atoms with Gasteiger partial charge in [-0.05, 0) is 69.9 Å². The number of rotatable bonds is 5. The highest BCUT2D eigenvalue weighted by Gasteiger charge is 2.30. The average Bonchev–Trinajstić information content (AvgIpc) is 2.63. The van der Waals surface area contributed by atoms with Crippen LogP contribution in [0.5, 0.6) is 0 Å². The summed E-state index contributed by atoms with van der Waals surface area (Å²) in [6.07, 6.45) is 13.8. The van der Waals surface area contributed by atoms with Gasteiger partial charge in [-0.25, -0.2) is 14.8 Å². The predicted molar refractivity (Wildman–Crippen MR) is 100 cm³/mol. The summed E-state index contributed by atoms with van der Waals surface area (Å²) in [4.78, 5) is 24.1. The first-order chi connectivity index (χ1) is 12.7. The number of piperidine rings is 2. The quantitative estimate of drug-likeness (QED) is 0.872. The highest BCUT2D eigenvalue weighted by molar-refractivity contribution is 5.84. The topological polar surface area (TPSA) is 69.6 Å². The summed E-state index contributed by atoms with van der Waals surface area (Å²) >= 11 is 0. The van der Waals surface area contributed by atoms with E-state index in [1.165, 1.54) is 70.7 Å². The van der Waals surface area contributed by atoms with Gasteiger partial charge in [0, 0.05) is 19.1 Å². The first kappa shape index (κ1) is 17.7. The Morgan fingerprint density at radius 3 is 2.12 bits per heavy atom. The van der Waals surface area contributed by atoms with Crippen LogP contribution in [0.4, 0.5) is 5.82 Å². The lowest BCUT2D eigenvalue weighted by Crippen LogP contribution is -2.45. The highest BCUT2D eigenvalue weighted by Crippen LogP contribution is 2.33. The van der Waals surface area contributed by atoms with Crippen molar-refractivity contribution in [2.45, 2.75) is 57.4 Å². The molecule has 1 aromatic heterocycles. The van der Waals surface area contributed by atoms with Crippen molar-refractivity contribution in [3.63, 3.8) is 0 Å². The Labute approximate surface area is 155 Å². The summed E-state index contributed by atoms with van der Waals surface area (Å²) < 4.78 is 0. The summed E-state index contributed by atoms with van der Waals surface area (Å²) in [7, 11) is 0. The van der Waals surface area contributed by atoms with Gasteiger partial charge in [0.05, 0.1) is 12.4 Å². The molecule has 6 nitrogen and oxygen atoms in total. The normalized spacial score (nSPS) is 23.8. The molecule has 0 radical (unpaired) electrons.